The maximum atomic E-state index is 13.6. The summed E-state index contributed by atoms with van der Waals surface area (Å²) in [6, 6.07) is 8.90. The zero-order chi connectivity index (χ0) is 21.8. The first kappa shape index (κ1) is 22.0. The number of benzene rings is 1. The lowest BCUT2D eigenvalue weighted by molar-refractivity contribution is 0.0766. The minimum Gasteiger partial charge on any atom is -0.497 e. The van der Waals surface area contributed by atoms with Gasteiger partial charge in [-0.05, 0) is 30.2 Å². The molecule has 31 heavy (non-hydrogen) atoms. The van der Waals surface area contributed by atoms with Crippen molar-refractivity contribution in [3.63, 3.8) is 0 Å². The van der Waals surface area contributed by atoms with Crippen molar-refractivity contribution in [2.75, 3.05) is 47.1 Å². The van der Waals surface area contributed by atoms with Gasteiger partial charge in [0.15, 0.2) is 0 Å². The zero-order valence-electron chi connectivity index (χ0n) is 17.9. The Morgan fingerprint density at radius 2 is 2.06 bits per heavy atom. The van der Waals surface area contributed by atoms with Crippen LogP contribution in [0.4, 0.5) is 0 Å². The molecule has 2 aliphatic rings. The number of rotatable bonds is 6. The lowest BCUT2D eigenvalue weighted by atomic mass is 9.92. The van der Waals surface area contributed by atoms with E-state index in [4.69, 9.17) is 14.2 Å². The molecule has 1 aromatic carbocycles. The minimum atomic E-state index is -3.75. The van der Waals surface area contributed by atoms with Crippen LogP contribution >= 0.6 is 0 Å². The third kappa shape index (κ3) is 4.69. The van der Waals surface area contributed by atoms with Gasteiger partial charge in [0.2, 0.25) is 10.0 Å². The van der Waals surface area contributed by atoms with Crippen LogP contribution in [0.25, 0.3) is 0 Å². The van der Waals surface area contributed by atoms with Crippen LogP contribution in [0, 0.1) is 5.92 Å². The number of nitrogens with zero attached hydrogens (tertiary/aromatic N) is 3. The molecule has 0 bridgehead atoms. The lowest BCUT2D eigenvalue weighted by Gasteiger charge is -2.42. The van der Waals surface area contributed by atoms with Crippen LogP contribution in [0.15, 0.2) is 47.6 Å². The van der Waals surface area contributed by atoms with Crippen molar-refractivity contribution in [3.8, 4) is 11.5 Å². The van der Waals surface area contributed by atoms with Gasteiger partial charge in [0.05, 0.1) is 27.4 Å². The fourth-order valence-corrected chi connectivity index (χ4v) is 6.05. The summed E-state index contributed by atoms with van der Waals surface area (Å²) in [5.74, 6) is 1.09. The molecule has 4 rings (SSSR count). The van der Waals surface area contributed by atoms with E-state index in [9.17, 15) is 8.42 Å². The molecule has 2 aromatic rings. The van der Waals surface area contributed by atoms with Crippen molar-refractivity contribution in [2.45, 2.75) is 23.9 Å². The first-order valence-electron chi connectivity index (χ1n) is 10.5. The minimum absolute atomic E-state index is 0.0721. The number of methoxy groups -OCH3 is 2. The van der Waals surface area contributed by atoms with Crippen LogP contribution in [0.1, 0.15) is 12.0 Å². The molecular formula is C22H29N3O5S. The van der Waals surface area contributed by atoms with Crippen LogP contribution in [0.2, 0.25) is 0 Å². The number of sulfonamides is 1. The van der Waals surface area contributed by atoms with Gasteiger partial charge in [-0.25, -0.2) is 8.42 Å². The van der Waals surface area contributed by atoms with E-state index in [2.05, 4.69) is 9.88 Å². The van der Waals surface area contributed by atoms with Crippen molar-refractivity contribution in [1.29, 1.82) is 0 Å². The highest BCUT2D eigenvalue weighted by atomic mass is 32.2. The summed E-state index contributed by atoms with van der Waals surface area (Å²) in [7, 11) is -0.751. The summed E-state index contributed by atoms with van der Waals surface area (Å²) < 4.78 is 45.2. The fourth-order valence-electron chi connectivity index (χ4n) is 4.41. The van der Waals surface area contributed by atoms with Gasteiger partial charge < -0.3 is 14.2 Å². The quantitative estimate of drug-likeness (QED) is 0.670. The van der Waals surface area contributed by atoms with E-state index >= 15 is 0 Å². The number of pyridine rings is 1. The third-order valence-corrected chi connectivity index (χ3v) is 7.99. The van der Waals surface area contributed by atoms with E-state index in [0.717, 1.165) is 18.5 Å². The van der Waals surface area contributed by atoms with Crippen LogP contribution < -0.4 is 9.47 Å². The van der Waals surface area contributed by atoms with Crippen LogP contribution in [-0.4, -0.2) is 75.7 Å². The highest BCUT2D eigenvalue weighted by Gasteiger charge is 2.40. The van der Waals surface area contributed by atoms with Gasteiger partial charge in [0.25, 0.3) is 0 Å². The first-order valence-corrected chi connectivity index (χ1v) is 11.9. The van der Waals surface area contributed by atoms with Gasteiger partial charge in [0.1, 0.15) is 16.4 Å². The second kappa shape index (κ2) is 9.52. The van der Waals surface area contributed by atoms with E-state index < -0.39 is 10.0 Å². The molecule has 9 heteroatoms. The SMILES string of the molecule is COc1ccc(OC)c(S(=O)(=O)N2CC[C@@H]3COCCN(Cc4cccnc4)[C@@H]3C2)c1. The molecule has 2 atom stereocenters. The van der Waals surface area contributed by atoms with E-state index in [0.29, 0.717) is 44.3 Å². The molecule has 1 aromatic heterocycles. The van der Waals surface area contributed by atoms with Crippen molar-refractivity contribution < 1.29 is 22.6 Å². The summed E-state index contributed by atoms with van der Waals surface area (Å²) in [5.41, 5.74) is 1.11. The van der Waals surface area contributed by atoms with E-state index in [-0.39, 0.29) is 16.9 Å². The predicted molar refractivity (Wildman–Crippen MR) is 116 cm³/mol. The van der Waals surface area contributed by atoms with Gasteiger partial charge in [-0.3, -0.25) is 9.88 Å². The Morgan fingerprint density at radius 3 is 2.81 bits per heavy atom. The summed E-state index contributed by atoms with van der Waals surface area (Å²) in [4.78, 5) is 6.69. The van der Waals surface area contributed by atoms with E-state index in [1.165, 1.54) is 20.3 Å². The monoisotopic (exact) mass is 447 g/mol. The molecule has 168 valence electrons. The number of fused-ring (bicyclic) bond motifs is 1. The molecule has 3 heterocycles. The van der Waals surface area contributed by atoms with Gasteiger partial charge in [-0.1, -0.05) is 6.07 Å². The number of hydrogen-bond acceptors (Lipinski definition) is 7. The average Bonchev–Trinajstić information content (AvgIpc) is 3.01. The maximum Gasteiger partial charge on any atom is 0.246 e. The molecule has 0 aliphatic carbocycles. The summed E-state index contributed by atoms with van der Waals surface area (Å²) in [6.07, 6.45) is 4.37. The standard InChI is InChI=1S/C22H29N3O5S/c1-28-19-5-6-21(29-2)22(12-19)31(26,27)25-9-7-18-16-30-11-10-24(20(18)15-25)14-17-4-3-8-23-13-17/h3-6,8,12-13,18,20H,7,9-11,14-16H2,1-2H3/t18-,20-/m1/s1. The number of hydrogen-bond donors (Lipinski definition) is 0. The predicted octanol–water partition coefficient (Wildman–Crippen LogP) is 2.01. The Labute approximate surface area is 183 Å². The molecule has 2 saturated heterocycles. The Morgan fingerprint density at radius 1 is 1.19 bits per heavy atom. The summed E-state index contributed by atoms with van der Waals surface area (Å²) in [6.45, 7) is 3.64. The number of ether oxygens (including phenoxy) is 3. The summed E-state index contributed by atoms with van der Waals surface area (Å²) in [5, 5.41) is 0. The second-order valence-corrected chi connectivity index (χ2v) is 9.81. The molecule has 0 N–H and O–H groups in total. The maximum absolute atomic E-state index is 13.6. The molecule has 0 unspecified atom stereocenters. The Balaban J connectivity index is 1.61. The average molecular weight is 448 g/mol. The van der Waals surface area contributed by atoms with E-state index in [1.807, 2.05) is 18.3 Å². The smallest absolute Gasteiger partial charge is 0.246 e. The van der Waals surface area contributed by atoms with Crippen molar-refractivity contribution >= 4 is 10.0 Å². The number of piperidine rings is 1. The second-order valence-electron chi connectivity index (χ2n) is 7.90. The zero-order valence-corrected chi connectivity index (χ0v) is 18.8. The molecular weight excluding hydrogens is 418 g/mol. The molecule has 2 aliphatic heterocycles. The van der Waals surface area contributed by atoms with Crippen LogP contribution in [-0.2, 0) is 21.3 Å². The molecule has 0 radical (unpaired) electrons. The highest BCUT2D eigenvalue weighted by Crippen LogP contribution is 2.34. The number of aromatic nitrogens is 1. The van der Waals surface area contributed by atoms with Crippen molar-refractivity contribution in [2.24, 2.45) is 5.92 Å². The van der Waals surface area contributed by atoms with Gasteiger partial charge in [-0.2, -0.15) is 4.31 Å². The van der Waals surface area contributed by atoms with E-state index in [1.54, 1.807) is 22.6 Å². The van der Waals surface area contributed by atoms with Gasteiger partial charge >= 0.3 is 0 Å². The topological polar surface area (TPSA) is 81.2 Å². The molecule has 0 spiro atoms. The normalized spacial score (nSPS) is 23.0. The Kier molecular flexibility index (Phi) is 6.76. The Hall–Kier alpha value is -2.20. The molecule has 2 fully saturated rings. The third-order valence-electron chi connectivity index (χ3n) is 6.10. The van der Waals surface area contributed by atoms with Crippen molar-refractivity contribution in [3.05, 3.63) is 48.3 Å². The van der Waals surface area contributed by atoms with Crippen LogP contribution in [0.3, 0.4) is 0 Å². The molecule has 0 amide bonds. The molecule has 8 nitrogen and oxygen atoms in total. The van der Waals surface area contributed by atoms with Crippen LogP contribution in [0.5, 0.6) is 11.5 Å². The molecule has 0 saturated carbocycles. The Bertz CT molecular complexity index is 986. The van der Waals surface area contributed by atoms with Gasteiger partial charge in [0, 0.05) is 56.6 Å². The van der Waals surface area contributed by atoms with Crippen molar-refractivity contribution in [1.82, 2.24) is 14.2 Å². The first-order chi connectivity index (χ1) is 15.0. The lowest BCUT2D eigenvalue weighted by Crippen LogP contribution is -2.54. The van der Waals surface area contributed by atoms with Gasteiger partial charge in [-0.15, -0.1) is 0 Å². The fraction of sp³-hybridized carbons (Fsp3) is 0.500. The summed E-state index contributed by atoms with van der Waals surface area (Å²) >= 11 is 0. The largest absolute Gasteiger partial charge is 0.497 e. The highest BCUT2D eigenvalue weighted by molar-refractivity contribution is 7.89.